The molecule has 0 fully saturated rings. The summed E-state index contributed by atoms with van der Waals surface area (Å²) < 4.78 is 0. The Balaban J connectivity index is 4.46. The maximum atomic E-state index is 12.5. The van der Waals surface area contributed by atoms with Gasteiger partial charge >= 0.3 is 0 Å². The van der Waals surface area contributed by atoms with Crippen molar-refractivity contribution in [1.82, 2.24) is 20.4 Å². The van der Waals surface area contributed by atoms with Gasteiger partial charge in [-0.25, -0.2) is 0 Å². The molecule has 0 aromatic carbocycles. The summed E-state index contributed by atoms with van der Waals surface area (Å²) in [4.78, 5) is 29.1. The summed E-state index contributed by atoms with van der Waals surface area (Å²) in [7, 11) is 0. The maximum absolute atomic E-state index is 12.5. The zero-order chi connectivity index (χ0) is 29.8. The van der Waals surface area contributed by atoms with E-state index < -0.39 is 12.2 Å². The third-order valence-corrected chi connectivity index (χ3v) is 7.75. The van der Waals surface area contributed by atoms with Crippen LogP contribution in [0.3, 0.4) is 0 Å². The van der Waals surface area contributed by atoms with Crippen LogP contribution in [0.5, 0.6) is 0 Å². The Hall–Kier alpha value is -1.22. The maximum Gasteiger partial charge on any atom is 0.250 e. The number of carbonyl (C=O) groups excluding carboxylic acids is 2. The Kier molecular flexibility index (Phi) is 27.1. The predicted molar refractivity (Wildman–Crippen MR) is 167 cm³/mol. The molecule has 0 bridgehead atoms. The summed E-state index contributed by atoms with van der Waals surface area (Å²) in [6.45, 7) is 13.0. The molecule has 40 heavy (non-hydrogen) atoms. The van der Waals surface area contributed by atoms with E-state index in [1.54, 1.807) is 0 Å². The fraction of sp³-hybridized carbons (Fsp3) is 0.938. The molecule has 0 spiro atoms. The first-order valence-corrected chi connectivity index (χ1v) is 16.8. The first-order valence-electron chi connectivity index (χ1n) is 16.8. The number of rotatable bonds is 29. The SMILES string of the molecule is CCCCCCCCCCNC(=O)C(O)CN(CCN(CC)CC)CC(O)C(=O)NCCCCCCCCCC. The molecule has 8 heteroatoms. The van der Waals surface area contributed by atoms with E-state index in [1.807, 2.05) is 4.90 Å². The summed E-state index contributed by atoms with van der Waals surface area (Å²) in [6.07, 6.45) is 16.7. The van der Waals surface area contributed by atoms with Gasteiger partial charge in [0.1, 0.15) is 12.2 Å². The number of likely N-dealkylation sites (N-methyl/N-ethyl adjacent to an activating group) is 1. The molecule has 0 aliphatic carbocycles. The molecule has 238 valence electrons. The molecule has 4 N–H and O–H groups in total. The molecular weight excluding hydrogens is 504 g/mol. The lowest BCUT2D eigenvalue weighted by atomic mass is 10.1. The minimum Gasteiger partial charge on any atom is -0.382 e. The fourth-order valence-electron chi connectivity index (χ4n) is 4.91. The highest BCUT2D eigenvalue weighted by atomic mass is 16.3. The summed E-state index contributed by atoms with van der Waals surface area (Å²) in [5.74, 6) is -0.770. The van der Waals surface area contributed by atoms with Gasteiger partial charge in [0.2, 0.25) is 11.8 Å². The number of hydrogen-bond acceptors (Lipinski definition) is 6. The minimum atomic E-state index is -1.20. The quantitative estimate of drug-likeness (QED) is 0.0957. The van der Waals surface area contributed by atoms with Crippen LogP contribution in [0.2, 0.25) is 0 Å². The number of hydrogen-bond donors (Lipinski definition) is 4. The molecule has 2 unspecified atom stereocenters. The first-order chi connectivity index (χ1) is 19.4. The van der Waals surface area contributed by atoms with Crippen LogP contribution >= 0.6 is 0 Å². The van der Waals surface area contributed by atoms with Crippen LogP contribution in [-0.2, 0) is 9.59 Å². The summed E-state index contributed by atoms with van der Waals surface area (Å²) in [5.41, 5.74) is 0. The van der Waals surface area contributed by atoms with E-state index in [1.165, 1.54) is 77.0 Å². The molecule has 0 radical (unpaired) electrons. The molecule has 0 aliphatic rings. The van der Waals surface area contributed by atoms with Crippen LogP contribution < -0.4 is 10.6 Å². The van der Waals surface area contributed by atoms with Gasteiger partial charge in [-0.2, -0.15) is 0 Å². The van der Waals surface area contributed by atoms with Crippen molar-refractivity contribution in [2.75, 3.05) is 52.4 Å². The van der Waals surface area contributed by atoms with Crippen LogP contribution in [-0.4, -0.2) is 96.4 Å². The molecule has 2 amide bonds. The molecular formula is C32H66N4O4. The van der Waals surface area contributed by atoms with Crippen molar-refractivity contribution in [2.24, 2.45) is 0 Å². The van der Waals surface area contributed by atoms with Gasteiger partial charge in [0.25, 0.3) is 0 Å². The van der Waals surface area contributed by atoms with Crippen molar-refractivity contribution in [1.29, 1.82) is 0 Å². The van der Waals surface area contributed by atoms with Crippen LogP contribution in [0.4, 0.5) is 0 Å². The van der Waals surface area contributed by atoms with E-state index in [4.69, 9.17) is 0 Å². The van der Waals surface area contributed by atoms with Crippen LogP contribution in [0.1, 0.15) is 130 Å². The fourth-order valence-corrected chi connectivity index (χ4v) is 4.91. The van der Waals surface area contributed by atoms with Crippen molar-refractivity contribution < 1.29 is 19.8 Å². The zero-order valence-corrected chi connectivity index (χ0v) is 26.7. The van der Waals surface area contributed by atoms with E-state index in [2.05, 4.69) is 43.2 Å². The number of aliphatic hydroxyl groups excluding tert-OH is 2. The number of unbranched alkanes of at least 4 members (excludes halogenated alkanes) is 14. The zero-order valence-electron chi connectivity index (χ0n) is 26.7. The first kappa shape index (κ1) is 38.8. The van der Waals surface area contributed by atoms with Gasteiger partial charge < -0.3 is 25.7 Å². The van der Waals surface area contributed by atoms with Crippen molar-refractivity contribution in [3.05, 3.63) is 0 Å². The van der Waals surface area contributed by atoms with Gasteiger partial charge in [0.15, 0.2) is 0 Å². The third kappa shape index (κ3) is 22.5. The topological polar surface area (TPSA) is 105 Å². The Morgan fingerprint density at radius 3 is 1.20 bits per heavy atom. The Labute approximate surface area is 247 Å². The molecule has 0 saturated carbocycles. The van der Waals surface area contributed by atoms with E-state index in [0.29, 0.717) is 19.6 Å². The van der Waals surface area contributed by atoms with Gasteiger partial charge in [-0.3, -0.25) is 14.5 Å². The highest BCUT2D eigenvalue weighted by Gasteiger charge is 2.24. The lowest BCUT2D eigenvalue weighted by molar-refractivity contribution is -0.132. The molecule has 2 atom stereocenters. The second kappa shape index (κ2) is 27.9. The number of amides is 2. The molecule has 0 rings (SSSR count). The molecule has 0 aliphatic heterocycles. The molecule has 0 saturated heterocycles. The van der Waals surface area contributed by atoms with E-state index >= 15 is 0 Å². The highest BCUT2D eigenvalue weighted by Crippen LogP contribution is 2.09. The van der Waals surface area contributed by atoms with E-state index in [0.717, 1.165) is 45.3 Å². The molecule has 0 aromatic rings. The summed E-state index contributed by atoms with van der Waals surface area (Å²) >= 11 is 0. The van der Waals surface area contributed by atoms with Crippen molar-refractivity contribution >= 4 is 11.8 Å². The van der Waals surface area contributed by atoms with Crippen molar-refractivity contribution in [3.8, 4) is 0 Å². The van der Waals surface area contributed by atoms with Crippen LogP contribution in [0, 0.1) is 0 Å². The standard InChI is InChI=1S/C32H66N4O4/c1-5-9-11-13-15-17-19-21-23-33-31(39)29(37)27-36(26-25-35(7-3)8-4)28-30(38)32(40)34-24-22-20-18-16-14-12-10-6-2/h29-30,37-38H,5-28H2,1-4H3,(H,33,39)(H,34,40). The lowest BCUT2D eigenvalue weighted by Gasteiger charge is -2.29. The van der Waals surface area contributed by atoms with Crippen molar-refractivity contribution in [3.63, 3.8) is 0 Å². The monoisotopic (exact) mass is 571 g/mol. The third-order valence-electron chi connectivity index (χ3n) is 7.75. The van der Waals surface area contributed by atoms with Gasteiger partial charge in [-0.1, -0.05) is 118 Å². The molecule has 0 heterocycles. The van der Waals surface area contributed by atoms with Gasteiger partial charge in [-0.05, 0) is 25.9 Å². The summed E-state index contributed by atoms with van der Waals surface area (Å²) in [6, 6.07) is 0. The van der Waals surface area contributed by atoms with Crippen LogP contribution in [0.25, 0.3) is 0 Å². The van der Waals surface area contributed by atoms with Crippen molar-refractivity contribution in [2.45, 2.75) is 143 Å². The summed E-state index contributed by atoms with van der Waals surface area (Å²) in [5, 5.41) is 26.9. The number of aliphatic hydroxyl groups is 2. The Bertz CT molecular complexity index is 547. The smallest absolute Gasteiger partial charge is 0.250 e. The second-order valence-electron chi connectivity index (χ2n) is 11.3. The van der Waals surface area contributed by atoms with Gasteiger partial charge in [0.05, 0.1) is 0 Å². The number of nitrogens with zero attached hydrogens (tertiary/aromatic N) is 2. The van der Waals surface area contributed by atoms with Crippen LogP contribution in [0.15, 0.2) is 0 Å². The number of nitrogens with one attached hydrogen (secondary N) is 2. The molecule has 8 nitrogen and oxygen atoms in total. The Morgan fingerprint density at radius 2 is 0.850 bits per heavy atom. The average molecular weight is 571 g/mol. The van der Waals surface area contributed by atoms with Gasteiger partial charge in [0, 0.05) is 39.3 Å². The largest absolute Gasteiger partial charge is 0.382 e. The lowest BCUT2D eigenvalue weighted by Crippen LogP contribution is -2.49. The minimum absolute atomic E-state index is 0.0902. The van der Waals surface area contributed by atoms with Gasteiger partial charge in [-0.15, -0.1) is 0 Å². The Morgan fingerprint density at radius 1 is 0.525 bits per heavy atom. The average Bonchev–Trinajstić information content (AvgIpc) is 2.95. The van der Waals surface area contributed by atoms with E-state index in [9.17, 15) is 19.8 Å². The predicted octanol–water partition coefficient (Wildman–Crippen LogP) is 4.87. The molecule has 0 aromatic heterocycles. The highest BCUT2D eigenvalue weighted by molar-refractivity contribution is 5.81. The number of carbonyl (C=O) groups is 2. The second-order valence-corrected chi connectivity index (χ2v) is 11.3. The normalized spacial score (nSPS) is 13.1. The van der Waals surface area contributed by atoms with E-state index in [-0.39, 0.29) is 24.9 Å².